The highest BCUT2D eigenvalue weighted by molar-refractivity contribution is 5.70. The Balaban J connectivity index is 2.39. The molecule has 2 N–H and O–H groups in total. The van der Waals surface area contributed by atoms with E-state index < -0.39 is 0 Å². The van der Waals surface area contributed by atoms with Crippen LogP contribution in [0, 0.1) is 11.8 Å². The first-order valence-electron chi connectivity index (χ1n) is 3.95. The van der Waals surface area contributed by atoms with Gasteiger partial charge in [0.25, 0.3) is 0 Å². The Morgan fingerprint density at radius 1 is 1.50 bits per heavy atom. The molecule has 1 fully saturated rings. The van der Waals surface area contributed by atoms with E-state index in [2.05, 4.69) is 6.92 Å². The summed E-state index contributed by atoms with van der Waals surface area (Å²) < 4.78 is 0. The molecule has 1 rings (SSSR count). The minimum absolute atomic E-state index is 0.0590. The maximum atomic E-state index is 10.6. The van der Waals surface area contributed by atoms with Crippen molar-refractivity contribution in [3.63, 3.8) is 0 Å². The number of carbonyl (C=O) groups is 1. The Hall–Kier alpha value is -0.530. The van der Waals surface area contributed by atoms with Crippen LogP contribution in [-0.2, 0) is 4.79 Å². The van der Waals surface area contributed by atoms with E-state index in [9.17, 15) is 4.79 Å². The molecule has 0 radical (unpaired) electrons. The zero-order valence-corrected chi connectivity index (χ0v) is 6.39. The van der Waals surface area contributed by atoms with Gasteiger partial charge in [-0.15, -0.1) is 0 Å². The Morgan fingerprint density at radius 3 is 2.60 bits per heavy atom. The highest BCUT2D eigenvalue weighted by atomic mass is 16.4. The average Bonchev–Trinajstić information content (AvgIpc) is 1.88. The van der Waals surface area contributed by atoms with Gasteiger partial charge in [0.15, 0.2) is 0 Å². The molecule has 2 unspecified atom stereocenters. The maximum absolute atomic E-state index is 10.6. The first-order valence-corrected chi connectivity index (χ1v) is 3.95. The van der Waals surface area contributed by atoms with Crippen LogP contribution < -0.4 is 0 Å². The number of hydrogen-bond acceptors (Lipinski definition) is 1. The van der Waals surface area contributed by atoms with E-state index in [1.165, 1.54) is 6.42 Å². The van der Waals surface area contributed by atoms with E-state index in [1.807, 2.05) is 0 Å². The maximum Gasteiger partial charge on any atom is 0.519 e. The zero-order valence-electron chi connectivity index (χ0n) is 6.39. The normalized spacial score (nSPS) is 33.7. The van der Waals surface area contributed by atoms with Gasteiger partial charge in [0.2, 0.25) is 0 Å². The minimum Gasteiger partial charge on any atom is -0.565 e. The summed E-state index contributed by atoms with van der Waals surface area (Å²) in [5, 5.41) is 6.92. The molecule has 2 heteroatoms. The Morgan fingerprint density at radius 2 is 2.20 bits per heavy atom. The Kier molecular flexibility index (Phi) is 2.30. The second kappa shape index (κ2) is 3.04. The third-order valence-corrected chi connectivity index (χ3v) is 2.31. The van der Waals surface area contributed by atoms with E-state index >= 15 is 0 Å². The standard InChI is InChI=1S/C8H14O2/c1-6-3-2-4-7(5-6)8(9)10/h6-7H,2-5H2,1H3,(H,9,10)/p+1. The van der Waals surface area contributed by atoms with Gasteiger partial charge in [0.1, 0.15) is 5.92 Å². The lowest BCUT2D eigenvalue weighted by Crippen LogP contribution is -2.20. The van der Waals surface area contributed by atoms with Crippen molar-refractivity contribution in [1.82, 2.24) is 0 Å². The summed E-state index contributed by atoms with van der Waals surface area (Å²) in [5.41, 5.74) is 0. The summed E-state index contributed by atoms with van der Waals surface area (Å²) in [6.45, 7) is 2.16. The molecule has 0 heterocycles. The van der Waals surface area contributed by atoms with E-state index in [4.69, 9.17) is 5.11 Å². The van der Waals surface area contributed by atoms with E-state index in [0.717, 1.165) is 19.3 Å². The molecule has 0 aromatic heterocycles. The van der Waals surface area contributed by atoms with Crippen LogP contribution in [-0.4, -0.2) is 11.1 Å². The quantitative estimate of drug-likeness (QED) is 0.506. The van der Waals surface area contributed by atoms with Crippen LogP contribution in [0.3, 0.4) is 0 Å². The van der Waals surface area contributed by atoms with Crippen LogP contribution >= 0.6 is 0 Å². The predicted octanol–water partition coefficient (Wildman–Crippen LogP) is 1.06. The summed E-state index contributed by atoms with van der Waals surface area (Å²) in [7, 11) is 0. The van der Waals surface area contributed by atoms with Crippen LogP contribution in [0.2, 0.25) is 0 Å². The van der Waals surface area contributed by atoms with Crippen LogP contribution in [0.1, 0.15) is 32.6 Å². The van der Waals surface area contributed by atoms with E-state index in [1.54, 1.807) is 0 Å². The second-order valence-corrected chi connectivity index (χ2v) is 3.33. The third-order valence-electron chi connectivity index (χ3n) is 2.31. The molecule has 0 amide bonds. The number of rotatable bonds is 1. The Labute approximate surface area is 61.2 Å². The lowest BCUT2D eigenvalue weighted by molar-refractivity contribution is -0.143. The molecule has 0 spiro atoms. The highest BCUT2D eigenvalue weighted by Gasteiger charge is 2.29. The van der Waals surface area contributed by atoms with Gasteiger partial charge in [0, 0.05) is 4.79 Å². The molecule has 10 heavy (non-hydrogen) atoms. The molecular weight excluding hydrogens is 128 g/mol. The summed E-state index contributed by atoms with van der Waals surface area (Å²) in [6.07, 6.45) is 4.27. The van der Waals surface area contributed by atoms with Crippen molar-refractivity contribution >= 4 is 5.97 Å². The molecule has 1 aliphatic rings. The minimum atomic E-state index is -0.355. The van der Waals surface area contributed by atoms with Gasteiger partial charge in [0.05, 0.1) is 0 Å². The van der Waals surface area contributed by atoms with Crippen molar-refractivity contribution < 1.29 is 9.90 Å². The molecule has 2 atom stereocenters. The van der Waals surface area contributed by atoms with Crippen LogP contribution in [0.4, 0.5) is 0 Å². The van der Waals surface area contributed by atoms with Crippen LogP contribution in [0.5, 0.6) is 0 Å². The number of hydrogen-bond donors (Lipinski definition) is 0. The van der Waals surface area contributed by atoms with Crippen molar-refractivity contribution in [3.8, 4) is 0 Å². The fourth-order valence-corrected chi connectivity index (χ4v) is 1.67. The van der Waals surface area contributed by atoms with Gasteiger partial charge in [-0.25, -0.2) is 0 Å². The van der Waals surface area contributed by atoms with Gasteiger partial charge in [-0.05, 0) is 18.8 Å². The molecule has 1 aliphatic carbocycles. The van der Waals surface area contributed by atoms with Gasteiger partial charge in [-0.2, -0.15) is 0 Å². The molecular formula is C8H15O2+. The third kappa shape index (κ3) is 1.72. The monoisotopic (exact) mass is 143 g/mol. The fourth-order valence-electron chi connectivity index (χ4n) is 1.67. The van der Waals surface area contributed by atoms with Gasteiger partial charge in [-0.1, -0.05) is 19.8 Å². The predicted molar refractivity (Wildman–Crippen MR) is 39.7 cm³/mol. The first-order chi connectivity index (χ1) is 4.70. The summed E-state index contributed by atoms with van der Waals surface area (Å²) in [6, 6.07) is 0. The van der Waals surface area contributed by atoms with Crippen molar-refractivity contribution in [2.75, 3.05) is 0 Å². The first kappa shape index (κ1) is 7.58. The molecule has 0 aromatic rings. The summed E-state index contributed by atoms with van der Waals surface area (Å²) >= 11 is 0. The zero-order chi connectivity index (χ0) is 7.56. The molecule has 1 saturated carbocycles. The molecule has 0 bridgehead atoms. The molecule has 0 aromatic carbocycles. The van der Waals surface area contributed by atoms with E-state index in [0.29, 0.717) is 5.92 Å². The summed E-state index contributed by atoms with van der Waals surface area (Å²) in [5.74, 6) is 0.364. The molecule has 58 valence electrons. The topological polar surface area (TPSA) is 40.0 Å². The smallest absolute Gasteiger partial charge is 0.519 e. The Bertz CT molecular complexity index is 131. The van der Waals surface area contributed by atoms with Crippen molar-refractivity contribution in [2.24, 2.45) is 11.8 Å². The lowest BCUT2D eigenvalue weighted by Gasteiger charge is -2.20. The number of carbonyl (C=O) groups excluding carboxylic acids is 1. The van der Waals surface area contributed by atoms with Crippen molar-refractivity contribution in [1.29, 1.82) is 0 Å². The average molecular weight is 143 g/mol. The van der Waals surface area contributed by atoms with Crippen LogP contribution in [0.15, 0.2) is 0 Å². The summed E-state index contributed by atoms with van der Waals surface area (Å²) in [4.78, 5) is 10.6. The van der Waals surface area contributed by atoms with Crippen molar-refractivity contribution in [2.45, 2.75) is 32.6 Å². The molecule has 0 saturated heterocycles. The lowest BCUT2D eigenvalue weighted by atomic mass is 9.83. The highest BCUT2D eigenvalue weighted by Crippen LogP contribution is 2.28. The van der Waals surface area contributed by atoms with Gasteiger partial charge < -0.3 is 5.11 Å². The van der Waals surface area contributed by atoms with Gasteiger partial charge in [-0.3, -0.25) is 0 Å². The second-order valence-electron chi connectivity index (χ2n) is 3.33. The van der Waals surface area contributed by atoms with Gasteiger partial charge >= 0.3 is 5.97 Å². The largest absolute Gasteiger partial charge is 0.565 e. The van der Waals surface area contributed by atoms with E-state index in [-0.39, 0.29) is 11.9 Å². The molecule has 0 aliphatic heterocycles. The fraction of sp³-hybridized carbons (Fsp3) is 0.875. The molecule has 2 nitrogen and oxygen atoms in total. The SMILES string of the molecule is CC1CCCC(C(=O)[OH2+])C1. The van der Waals surface area contributed by atoms with Crippen molar-refractivity contribution in [3.05, 3.63) is 0 Å². The van der Waals surface area contributed by atoms with Crippen LogP contribution in [0.25, 0.3) is 0 Å².